The maximum atomic E-state index is 10.6. The van der Waals surface area contributed by atoms with E-state index in [1.807, 2.05) is 0 Å². The van der Waals surface area contributed by atoms with Crippen molar-refractivity contribution in [2.24, 2.45) is 0 Å². The van der Waals surface area contributed by atoms with Crippen LogP contribution in [0.4, 0.5) is 0 Å². The van der Waals surface area contributed by atoms with E-state index in [2.05, 4.69) is 0 Å². The third-order valence-electron chi connectivity index (χ3n) is 2.16. The minimum absolute atomic E-state index is 0.0748. The van der Waals surface area contributed by atoms with E-state index in [-0.39, 0.29) is 12.2 Å². The van der Waals surface area contributed by atoms with Crippen molar-refractivity contribution in [2.75, 3.05) is 0 Å². The molecule has 0 unspecified atom stereocenters. The summed E-state index contributed by atoms with van der Waals surface area (Å²) in [6.07, 6.45) is 1.15. The van der Waals surface area contributed by atoms with Gasteiger partial charge in [0.1, 0.15) is 24.4 Å². The van der Waals surface area contributed by atoms with Crippen LogP contribution >= 0.6 is 23.2 Å². The first-order valence-electron chi connectivity index (χ1n) is 4.95. The second kappa shape index (κ2) is 5.33. The zero-order valence-corrected chi connectivity index (χ0v) is 10.5. The first kappa shape index (κ1) is 12.8. The van der Waals surface area contributed by atoms with Crippen molar-refractivity contribution in [1.82, 2.24) is 0 Å². The summed E-state index contributed by atoms with van der Waals surface area (Å²) < 4.78 is 10.4. The van der Waals surface area contributed by atoms with Crippen LogP contribution in [0, 0.1) is 0 Å². The molecule has 1 heterocycles. The number of ether oxygens (including phenoxy) is 1. The molecule has 1 N–H and O–H groups in total. The Bertz CT molecular complexity index is 577. The lowest BCUT2D eigenvalue weighted by Gasteiger charge is -2.06. The number of rotatable bonds is 4. The molecule has 18 heavy (non-hydrogen) atoms. The second-order valence-electron chi connectivity index (χ2n) is 3.47. The van der Waals surface area contributed by atoms with Crippen LogP contribution in [-0.4, -0.2) is 11.1 Å². The third kappa shape index (κ3) is 2.97. The number of carboxylic acid groups (broad SMARTS) is 1. The van der Waals surface area contributed by atoms with E-state index in [1.165, 1.54) is 6.07 Å². The molecule has 0 fully saturated rings. The van der Waals surface area contributed by atoms with Crippen LogP contribution < -0.4 is 4.74 Å². The Hall–Kier alpha value is -1.65. The summed E-state index contributed by atoms with van der Waals surface area (Å²) in [6, 6.07) is 6.22. The van der Waals surface area contributed by atoms with Crippen LogP contribution in [0.25, 0.3) is 0 Å². The first-order chi connectivity index (χ1) is 8.56. The van der Waals surface area contributed by atoms with Crippen molar-refractivity contribution >= 4 is 29.2 Å². The van der Waals surface area contributed by atoms with Gasteiger partial charge < -0.3 is 14.3 Å². The van der Waals surface area contributed by atoms with Gasteiger partial charge in [0.05, 0.1) is 10.6 Å². The molecule has 0 saturated heterocycles. The number of aromatic carboxylic acids is 1. The molecule has 2 rings (SSSR count). The van der Waals surface area contributed by atoms with E-state index in [4.69, 9.17) is 37.5 Å². The van der Waals surface area contributed by atoms with Crippen LogP contribution in [-0.2, 0) is 6.61 Å². The van der Waals surface area contributed by atoms with E-state index >= 15 is 0 Å². The molecule has 0 spiro atoms. The predicted octanol–water partition coefficient (Wildman–Crippen LogP) is 3.86. The fourth-order valence-electron chi connectivity index (χ4n) is 1.31. The Morgan fingerprint density at radius 2 is 2.11 bits per heavy atom. The van der Waals surface area contributed by atoms with Gasteiger partial charge in [-0.05, 0) is 18.2 Å². The summed E-state index contributed by atoms with van der Waals surface area (Å²) in [4.78, 5) is 10.6. The molecule has 2 aromatic rings. The molecule has 0 saturated carbocycles. The Morgan fingerprint density at radius 3 is 2.78 bits per heavy atom. The van der Waals surface area contributed by atoms with Crippen LogP contribution in [0.3, 0.4) is 0 Å². The molecule has 6 heteroatoms. The third-order valence-corrected chi connectivity index (χ3v) is 2.71. The Morgan fingerprint density at radius 1 is 1.33 bits per heavy atom. The maximum Gasteiger partial charge on any atom is 0.338 e. The van der Waals surface area contributed by atoms with Crippen LogP contribution in [0.15, 0.2) is 34.9 Å². The highest BCUT2D eigenvalue weighted by Crippen LogP contribution is 2.28. The van der Waals surface area contributed by atoms with E-state index < -0.39 is 5.97 Å². The summed E-state index contributed by atoms with van der Waals surface area (Å²) in [7, 11) is 0. The fourth-order valence-corrected chi connectivity index (χ4v) is 1.64. The average molecular weight is 287 g/mol. The maximum absolute atomic E-state index is 10.6. The number of carbonyl (C=O) groups is 1. The Kier molecular flexibility index (Phi) is 3.79. The van der Waals surface area contributed by atoms with Crippen molar-refractivity contribution in [1.29, 1.82) is 0 Å². The van der Waals surface area contributed by atoms with Crippen LogP contribution in [0.2, 0.25) is 10.0 Å². The second-order valence-corrected chi connectivity index (χ2v) is 4.31. The Labute approximate surface area is 113 Å². The van der Waals surface area contributed by atoms with Gasteiger partial charge in [-0.25, -0.2) is 4.79 Å². The Balaban J connectivity index is 2.06. The highest BCUT2D eigenvalue weighted by Gasteiger charge is 2.09. The lowest BCUT2D eigenvalue weighted by atomic mass is 10.3. The highest BCUT2D eigenvalue weighted by molar-refractivity contribution is 6.34. The predicted molar refractivity (Wildman–Crippen MR) is 66.5 cm³/mol. The van der Waals surface area contributed by atoms with E-state index in [1.54, 1.807) is 18.2 Å². The number of halogens is 2. The lowest BCUT2D eigenvalue weighted by molar-refractivity contribution is 0.0696. The molecular weight excluding hydrogens is 279 g/mol. The lowest BCUT2D eigenvalue weighted by Crippen LogP contribution is -1.95. The van der Waals surface area contributed by atoms with Gasteiger partial charge >= 0.3 is 5.97 Å². The van der Waals surface area contributed by atoms with Gasteiger partial charge in [-0.2, -0.15) is 0 Å². The molecule has 0 bridgehead atoms. The fraction of sp³-hybridized carbons (Fsp3) is 0.0833. The van der Waals surface area contributed by atoms with Crippen LogP contribution in [0.5, 0.6) is 5.75 Å². The molecule has 0 aliphatic heterocycles. The van der Waals surface area contributed by atoms with Crippen molar-refractivity contribution < 1.29 is 19.1 Å². The molecule has 94 valence electrons. The van der Waals surface area contributed by atoms with E-state index in [9.17, 15) is 4.79 Å². The van der Waals surface area contributed by atoms with Crippen molar-refractivity contribution in [3.63, 3.8) is 0 Å². The number of carboxylic acids is 1. The largest absolute Gasteiger partial charge is 0.484 e. The molecule has 1 aromatic carbocycles. The van der Waals surface area contributed by atoms with Gasteiger partial charge in [0.25, 0.3) is 0 Å². The quantitative estimate of drug-likeness (QED) is 0.927. The summed E-state index contributed by atoms with van der Waals surface area (Å²) >= 11 is 11.7. The molecule has 0 aliphatic rings. The van der Waals surface area contributed by atoms with E-state index in [0.717, 1.165) is 6.26 Å². The molecule has 0 aliphatic carbocycles. The minimum Gasteiger partial charge on any atom is -0.484 e. The topological polar surface area (TPSA) is 59.7 Å². The van der Waals surface area contributed by atoms with Gasteiger partial charge in [-0.3, -0.25) is 0 Å². The van der Waals surface area contributed by atoms with Gasteiger partial charge in [-0.15, -0.1) is 0 Å². The van der Waals surface area contributed by atoms with Crippen molar-refractivity contribution in [3.8, 4) is 5.75 Å². The SMILES string of the molecule is O=C(O)c1coc(COc2cc(Cl)ccc2Cl)c1. The minimum atomic E-state index is -1.05. The number of hydrogen-bond donors (Lipinski definition) is 1. The number of benzene rings is 1. The monoisotopic (exact) mass is 286 g/mol. The number of furan rings is 1. The van der Waals surface area contributed by atoms with Crippen LogP contribution in [0.1, 0.15) is 16.1 Å². The zero-order valence-electron chi connectivity index (χ0n) is 9.02. The standard InChI is InChI=1S/C12H8Cl2O4/c13-8-1-2-10(14)11(4-8)18-6-9-3-7(5-17-9)12(15)16/h1-5H,6H2,(H,15,16). The molecule has 0 radical (unpaired) electrons. The average Bonchev–Trinajstić information content (AvgIpc) is 2.79. The highest BCUT2D eigenvalue weighted by atomic mass is 35.5. The molecule has 0 amide bonds. The van der Waals surface area contributed by atoms with Gasteiger partial charge in [0, 0.05) is 11.1 Å². The number of hydrogen-bond acceptors (Lipinski definition) is 3. The summed E-state index contributed by atoms with van der Waals surface area (Å²) in [5.74, 6) is -0.244. The van der Waals surface area contributed by atoms with Crippen molar-refractivity contribution in [3.05, 3.63) is 51.9 Å². The normalized spacial score (nSPS) is 10.3. The molecular formula is C12H8Cl2O4. The van der Waals surface area contributed by atoms with Gasteiger partial charge in [0.2, 0.25) is 0 Å². The molecule has 0 atom stereocenters. The van der Waals surface area contributed by atoms with Gasteiger partial charge in [-0.1, -0.05) is 23.2 Å². The smallest absolute Gasteiger partial charge is 0.338 e. The summed E-state index contributed by atoms with van der Waals surface area (Å²) in [5, 5.41) is 9.65. The van der Waals surface area contributed by atoms with Gasteiger partial charge in [0.15, 0.2) is 0 Å². The first-order valence-corrected chi connectivity index (χ1v) is 5.70. The van der Waals surface area contributed by atoms with Crippen molar-refractivity contribution in [2.45, 2.75) is 6.61 Å². The zero-order chi connectivity index (χ0) is 13.1. The summed E-state index contributed by atoms with van der Waals surface area (Å²) in [5.41, 5.74) is 0.0748. The van der Waals surface area contributed by atoms with E-state index in [0.29, 0.717) is 21.6 Å². The molecule has 4 nitrogen and oxygen atoms in total. The molecule has 1 aromatic heterocycles. The summed E-state index contributed by atoms with van der Waals surface area (Å²) in [6.45, 7) is 0.0767.